The predicted octanol–water partition coefficient (Wildman–Crippen LogP) is 4.13. The van der Waals surface area contributed by atoms with Gasteiger partial charge in [0.25, 0.3) is 5.91 Å². The third-order valence-corrected chi connectivity index (χ3v) is 5.13. The van der Waals surface area contributed by atoms with Crippen molar-refractivity contribution in [3.63, 3.8) is 0 Å². The van der Waals surface area contributed by atoms with E-state index in [0.29, 0.717) is 6.54 Å². The normalized spacial score (nSPS) is 15.3. The average molecular weight is 434 g/mol. The Morgan fingerprint density at radius 2 is 1.86 bits per heavy atom. The van der Waals surface area contributed by atoms with Crippen molar-refractivity contribution in [1.29, 1.82) is 0 Å². The van der Waals surface area contributed by atoms with Crippen molar-refractivity contribution in [1.82, 2.24) is 14.8 Å². The van der Waals surface area contributed by atoms with Gasteiger partial charge in [-0.25, -0.2) is 4.79 Å². The van der Waals surface area contributed by atoms with Crippen molar-refractivity contribution in [2.45, 2.75) is 13.1 Å². The number of carbonyl (C=O) groups excluding carboxylic acids is 2. The number of amides is 3. The van der Waals surface area contributed by atoms with Crippen molar-refractivity contribution in [3.05, 3.63) is 76.0 Å². The molecular formula is C22H16BrN3O2. The summed E-state index contributed by atoms with van der Waals surface area (Å²) in [6.45, 7) is 0.647. The molecule has 2 heterocycles. The fraction of sp³-hybridized carbons (Fsp3) is 0.0909. The largest absolute Gasteiger partial charge is 0.335 e. The van der Waals surface area contributed by atoms with Crippen molar-refractivity contribution < 1.29 is 9.59 Å². The number of halogens is 1. The maximum atomic E-state index is 12.8. The molecule has 1 aliphatic heterocycles. The number of benzene rings is 2. The average Bonchev–Trinajstić information content (AvgIpc) is 3.17. The molecule has 1 aliphatic rings. The predicted molar refractivity (Wildman–Crippen MR) is 112 cm³/mol. The van der Waals surface area contributed by atoms with E-state index in [1.54, 1.807) is 6.08 Å². The van der Waals surface area contributed by atoms with Crippen molar-refractivity contribution in [3.8, 4) is 12.3 Å². The number of hydrogen-bond donors (Lipinski definition) is 1. The Morgan fingerprint density at radius 1 is 1.11 bits per heavy atom. The smallest absolute Gasteiger partial charge is 0.329 e. The highest BCUT2D eigenvalue weighted by atomic mass is 79.9. The summed E-state index contributed by atoms with van der Waals surface area (Å²) in [5.74, 6) is 2.29. The van der Waals surface area contributed by atoms with Crippen LogP contribution in [0.25, 0.3) is 17.0 Å². The molecular weight excluding hydrogens is 418 g/mol. The second-order valence-corrected chi connectivity index (χ2v) is 7.36. The van der Waals surface area contributed by atoms with E-state index in [1.807, 2.05) is 59.3 Å². The van der Waals surface area contributed by atoms with Crippen LogP contribution in [0.4, 0.5) is 4.79 Å². The van der Waals surface area contributed by atoms with E-state index in [0.717, 1.165) is 26.5 Å². The summed E-state index contributed by atoms with van der Waals surface area (Å²) in [5.41, 5.74) is 2.94. The summed E-state index contributed by atoms with van der Waals surface area (Å²) in [7, 11) is 0. The first kappa shape index (κ1) is 18.1. The standard InChI is InChI=1S/C22H16BrN3O2/c1-2-11-25-14-16(18-5-3-4-6-20(18)25)12-19-21(27)26(22(28)24-19)13-15-7-9-17(23)10-8-15/h1,3-10,12,14H,11,13H2,(H,24,28). The highest BCUT2D eigenvalue weighted by molar-refractivity contribution is 9.10. The van der Waals surface area contributed by atoms with Gasteiger partial charge in [0, 0.05) is 27.1 Å². The topological polar surface area (TPSA) is 54.3 Å². The van der Waals surface area contributed by atoms with Gasteiger partial charge in [0.2, 0.25) is 0 Å². The Balaban J connectivity index is 1.65. The summed E-state index contributed by atoms with van der Waals surface area (Å²) in [6, 6.07) is 14.9. The Hall–Kier alpha value is -3.30. The first-order chi connectivity index (χ1) is 13.6. The first-order valence-corrected chi connectivity index (χ1v) is 9.46. The highest BCUT2D eigenvalue weighted by Gasteiger charge is 2.33. The van der Waals surface area contributed by atoms with Crippen LogP contribution >= 0.6 is 15.9 Å². The molecule has 138 valence electrons. The van der Waals surface area contributed by atoms with Crippen molar-refractivity contribution in [2.75, 3.05) is 0 Å². The van der Waals surface area contributed by atoms with E-state index >= 15 is 0 Å². The fourth-order valence-electron chi connectivity index (χ4n) is 3.26. The number of urea groups is 1. The zero-order valence-corrected chi connectivity index (χ0v) is 16.4. The van der Waals surface area contributed by atoms with Gasteiger partial charge in [-0.1, -0.05) is 52.2 Å². The number of hydrogen-bond acceptors (Lipinski definition) is 2. The minimum Gasteiger partial charge on any atom is -0.335 e. The van der Waals surface area contributed by atoms with Gasteiger partial charge in [-0.15, -0.1) is 6.42 Å². The van der Waals surface area contributed by atoms with Crippen molar-refractivity contribution >= 4 is 44.8 Å². The quantitative estimate of drug-likeness (QED) is 0.382. The van der Waals surface area contributed by atoms with Crippen LogP contribution in [0.3, 0.4) is 0 Å². The lowest BCUT2D eigenvalue weighted by atomic mass is 10.1. The number of fused-ring (bicyclic) bond motifs is 1. The van der Waals surface area contributed by atoms with Crippen LogP contribution in [-0.4, -0.2) is 21.4 Å². The monoisotopic (exact) mass is 433 g/mol. The highest BCUT2D eigenvalue weighted by Crippen LogP contribution is 2.25. The SMILES string of the molecule is C#CCn1cc(C=C2NC(=O)N(Cc3ccc(Br)cc3)C2=O)c2ccccc21. The molecule has 3 aromatic rings. The maximum absolute atomic E-state index is 12.8. The Labute approximate surface area is 170 Å². The fourth-order valence-corrected chi connectivity index (χ4v) is 3.53. The second-order valence-electron chi connectivity index (χ2n) is 6.44. The molecule has 0 unspecified atom stereocenters. The van der Waals surface area contributed by atoms with Crippen molar-refractivity contribution in [2.24, 2.45) is 0 Å². The minimum absolute atomic E-state index is 0.216. The van der Waals surface area contributed by atoms with Gasteiger partial charge in [0.15, 0.2) is 0 Å². The molecule has 1 aromatic heterocycles. The summed E-state index contributed by atoms with van der Waals surface area (Å²) in [5, 5.41) is 3.65. The zero-order chi connectivity index (χ0) is 19.7. The summed E-state index contributed by atoms with van der Waals surface area (Å²) < 4.78 is 2.89. The number of nitrogens with one attached hydrogen (secondary N) is 1. The van der Waals surface area contributed by atoms with E-state index in [-0.39, 0.29) is 18.1 Å². The van der Waals surface area contributed by atoms with Gasteiger partial charge in [0.1, 0.15) is 5.70 Å². The molecule has 28 heavy (non-hydrogen) atoms. The van der Waals surface area contributed by atoms with Crippen LogP contribution in [0.5, 0.6) is 0 Å². The van der Waals surface area contributed by atoms with Crippen LogP contribution in [0.15, 0.2) is 64.9 Å². The van der Waals surface area contributed by atoms with Gasteiger partial charge < -0.3 is 9.88 Å². The van der Waals surface area contributed by atoms with Gasteiger partial charge in [-0.3, -0.25) is 9.69 Å². The van der Waals surface area contributed by atoms with E-state index < -0.39 is 6.03 Å². The third kappa shape index (κ3) is 3.32. The van der Waals surface area contributed by atoms with Gasteiger partial charge >= 0.3 is 6.03 Å². The minimum atomic E-state index is -0.425. The molecule has 2 aromatic carbocycles. The zero-order valence-electron chi connectivity index (χ0n) is 14.9. The van der Waals surface area contributed by atoms with Crippen LogP contribution in [0, 0.1) is 12.3 Å². The summed E-state index contributed by atoms with van der Waals surface area (Å²) in [4.78, 5) is 26.3. The molecule has 6 heteroatoms. The van der Waals surface area contributed by atoms with E-state index in [2.05, 4.69) is 27.2 Å². The third-order valence-electron chi connectivity index (χ3n) is 4.60. The molecule has 0 spiro atoms. The number of aromatic nitrogens is 1. The number of carbonyl (C=O) groups is 2. The second kappa shape index (κ2) is 7.37. The van der Waals surface area contributed by atoms with E-state index in [4.69, 9.17) is 6.42 Å². The van der Waals surface area contributed by atoms with Gasteiger partial charge in [0.05, 0.1) is 13.1 Å². The molecule has 0 radical (unpaired) electrons. The molecule has 3 amide bonds. The van der Waals surface area contributed by atoms with E-state index in [9.17, 15) is 9.59 Å². The Morgan fingerprint density at radius 3 is 2.61 bits per heavy atom. The molecule has 1 saturated heterocycles. The van der Waals surface area contributed by atoms with Crippen LogP contribution in [0.1, 0.15) is 11.1 Å². The van der Waals surface area contributed by atoms with Crippen LogP contribution < -0.4 is 5.32 Å². The Kier molecular flexibility index (Phi) is 4.76. The number of rotatable bonds is 4. The molecule has 5 nitrogen and oxygen atoms in total. The number of imide groups is 1. The van der Waals surface area contributed by atoms with Crippen LogP contribution in [-0.2, 0) is 17.9 Å². The first-order valence-electron chi connectivity index (χ1n) is 8.67. The van der Waals surface area contributed by atoms with E-state index in [1.165, 1.54) is 4.90 Å². The lowest BCUT2D eigenvalue weighted by molar-refractivity contribution is -0.123. The molecule has 4 rings (SSSR count). The maximum Gasteiger partial charge on any atom is 0.329 e. The Bertz CT molecular complexity index is 1150. The van der Waals surface area contributed by atoms with Crippen LogP contribution in [0.2, 0.25) is 0 Å². The lowest BCUT2D eigenvalue weighted by Gasteiger charge is -2.11. The molecule has 0 saturated carbocycles. The van der Waals surface area contributed by atoms with Gasteiger partial charge in [-0.05, 0) is 29.8 Å². The number of terminal acetylenes is 1. The molecule has 0 bridgehead atoms. The molecule has 1 fully saturated rings. The molecule has 1 N–H and O–H groups in total. The molecule has 0 atom stereocenters. The number of para-hydroxylation sites is 1. The number of nitrogens with zero attached hydrogens (tertiary/aromatic N) is 2. The molecule has 0 aliphatic carbocycles. The lowest BCUT2D eigenvalue weighted by Crippen LogP contribution is -2.30. The van der Waals surface area contributed by atoms with Gasteiger partial charge in [-0.2, -0.15) is 0 Å². The summed E-state index contributed by atoms with van der Waals surface area (Å²) >= 11 is 3.38. The summed E-state index contributed by atoms with van der Waals surface area (Å²) in [6.07, 6.45) is 9.06.